The molecule has 16 heavy (non-hydrogen) atoms. The molecule has 0 spiro atoms. The van der Waals surface area contributed by atoms with Crippen molar-refractivity contribution in [3.05, 3.63) is 0 Å². The van der Waals surface area contributed by atoms with Crippen molar-refractivity contribution in [1.29, 1.82) is 0 Å². The molecule has 0 aliphatic carbocycles. The van der Waals surface area contributed by atoms with Gasteiger partial charge in [0.15, 0.2) is 0 Å². The molecule has 0 radical (unpaired) electrons. The minimum Gasteiger partial charge on any atom is -0.326 e. The van der Waals surface area contributed by atoms with Crippen LogP contribution in [0.1, 0.15) is 33.6 Å². The summed E-state index contributed by atoms with van der Waals surface area (Å²) in [7, 11) is 0. The Hall–Kier alpha value is -0.120. The molecule has 1 fully saturated rings. The van der Waals surface area contributed by atoms with Crippen LogP contribution in [0, 0.1) is 5.92 Å². The lowest BCUT2D eigenvalue weighted by Gasteiger charge is -2.36. The van der Waals surface area contributed by atoms with Crippen molar-refractivity contribution in [2.45, 2.75) is 39.7 Å². The molecule has 0 saturated carbocycles. The second-order valence-electron chi connectivity index (χ2n) is 5.19. The van der Waals surface area contributed by atoms with Crippen LogP contribution in [0.2, 0.25) is 0 Å². The Morgan fingerprint density at radius 1 is 1.06 bits per heavy atom. The van der Waals surface area contributed by atoms with Crippen LogP contribution in [-0.4, -0.2) is 55.1 Å². The van der Waals surface area contributed by atoms with E-state index in [4.69, 9.17) is 5.73 Å². The predicted octanol–water partition coefficient (Wildman–Crippen LogP) is 1.39. The Morgan fingerprint density at radius 2 is 1.62 bits per heavy atom. The summed E-state index contributed by atoms with van der Waals surface area (Å²) in [6.07, 6.45) is 2.46. The molecule has 1 aliphatic heterocycles. The zero-order valence-electron chi connectivity index (χ0n) is 11.3. The van der Waals surface area contributed by atoms with Gasteiger partial charge in [0, 0.05) is 38.8 Å². The van der Waals surface area contributed by atoms with Gasteiger partial charge in [0.05, 0.1) is 0 Å². The number of hydrogen-bond donors (Lipinski definition) is 1. The van der Waals surface area contributed by atoms with Crippen LogP contribution in [0.25, 0.3) is 0 Å². The minimum atomic E-state index is 0.350. The maximum absolute atomic E-state index is 6.20. The summed E-state index contributed by atoms with van der Waals surface area (Å²) in [6.45, 7) is 13.9. The average molecular weight is 227 g/mol. The van der Waals surface area contributed by atoms with Crippen molar-refractivity contribution in [3.63, 3.8) is 0 Å². The second-order valence-corrected chi connectivity index (χ2v) is 5.19. The first-order valence-corrected chi connectivity index (χ1v) is 6.87. The number of rotatable bonds is 6. The van der Waals surface area contributed by atoms with Crippen LogP contribution < -0.4 is 5.73 Å². The Labute approximate surface area is 101 Å². The number of hydrogen-bond acceptors (Lipinski definition) is 3. The molecule has 1 saturated heterocycles. The molecule has 0 amide bonds. The molecule has 1 aliphatic rings. The van der Waals surface area contributed by atoms with Gasteiger partial charge in [0.2, 0.25) is 0 Å². The maximum Gasteiger partial charge on any atom is 0.0193 e. The Bertz CT molecular complexity index is 176. The third-order valence-electron chi connectivity index (χ3n) is 3.85. The average Bonchev–Trinajstić information content (AvgIpc) is 2.31. The zero-order chi connectivity index (χ0) is 12.0. The molecular weight excluding hydrogens is 198 g/mol. The Balaban J connectivity index is 2.21. The van der Waals surface area contributed by atoms with Crippen LogP contribution in [0.4, 0.5) is 0 Å². The largest absolute Gasteiger partial charge is 0.326 e. The van der Waals surface area contributed by atoms with Crippen molar-refractivity contribution in [3.8, 4) is 0 Å². The SMILES string of the molecule is CCCN1CCN(C[C@H](N)[C@H](C)CC)CC1. The highest BCUT2D eigenvalue weighted by Crippen LogP contribution is 2.09. The summed E-state index contributed by atoms with van der Waals surface area (Å²) in [6, 6.07) is 0.350. The van der Waals surface area contributed by atoms with Crippen LogP contribution in [0.15, 0.2) is 0 Å². The minimum absolute atomic E-state index is 0.350. The molecule has 96 valence electrons. The third kappa shape index (κ3) is 4.40. The lowest BCUT2D eigenvalue weighted by Crippen LogP contribution is -2.51. The first-order chi connectivity index (χ1) is 7.67. The molecule has 0 bridgehead atoms. The summed E-state index contributed by atoms with van der Waals surface area (Å²) in [5, 5.41) is 0. The van der Waals surface area contributed by atoms with Gasteiger partial charge in [0.1, 0.15) is 0 Å². The van der Waals surface area contributed by atoms with E-state index in [1.165, 1.54) is 45.6 Å². The van der Waals surface area contributed by atoms with E-state index in [0.29, 0.717) is 12.0 Å². The predicted molar refractivity (Wildman–Crippen MR) is 70.6 cm³/mol. The van der Waals surface area contributed by atoms with Gasteiger partial charge < -0.3 is 10.6 Å². The van der Waals surface area contributed by atoms with E-state index in [1.54, 1.807) is 0 Å². The maximum atomic E-state index is 6.20. The molecule has 1 heterocycles. The van der Waals surface area contributed by atoms with E-state index in [2.05, 4.69) is 30.6 Å². The summed E-state index contributed by atoms with van der Waals surface area (Å²) >= 11 is 0. The summed E-state index contributed by atoms with van der Waals surface area (Å²) in [5.41, 5.74) is 6.20. The van der Waals surface area contributed by atoms with Gasteiger partial charge in [-0.2, -0.15) is 0 Å². The molecule has 0 unspecified atom stereocenters. The molecule has 2 atom stereocenters. The standard InChI is InChI=1S/C13H29N3/c1-4-6-15-7-9-16(10-8-15)11-13(14)12(3)5-2/h12-13H,4-11,14H2,1-3H3/t12-,13+/m1/s1. The topological polar surface area (TPSA) is 32.5 Å². The van der Waals surface area contributed by atoms with Gasteiger partial charge in [-0.1, -0.05) is 27.2 Å². The summed E-state index contributed by atoms with van der Waals surface area (Å²) in [4.78, 5) is 5.09. The van der Waals surface area contributed by atoms with Gasteiger partial charge in [-0.25, -0.2) is 0 Å². The van der Waals surface area contributed by atoms with E-state index in [0.717, 1.165) is 6.54 Å². The van der Waals surface area contributed by atoms with Gasteiger partial charge in [-0.05, 0) is 18.9 Å². The first kappa shape index (κ1) is 13.9. The van der Waals surface area contributed by atoms with Crippen molar-refractivity contribution in [1.82, 2.24) is 9.80 Å². The fourth-order valence-corrected chi connectivity index (χ4v) is 2.29. The van der Waals surface area contributed by atoms with Crippen molar-refractivity contribution < 1.29 is 0 Å². The van der Waals surface area contributed by atoms with Crippen molar-refractivity contribution >= 4 is 0 Å². The van der Waals surface area contributed by atoms with Gasteiger partial charge >= 0.3 is 0 Å². The zero-order valence-corrected chi connectivity index (χ0v) is 11.3. The van der Waals surface area contributed by atoms with E-state index in [9.17, 15) is 0 Å². The lowest BCUT2D eigenvalue weighted by atomic mass is 9.99. The fraction of sp³-hybridized carbons (Fsp3) is 1.00. The highest BCUT2D eigenvalue weighted by atomic mass is 15.3. The van der Waals surface area contributed by atoms with Crippen molar-refractivity contribution in [2.24, 2.45) is 11.7 Å². The smallest absolute Gasteiger partial charge is 0.0193 e. The molecule has 0 aromatic carbocycles. The highest BCUT2D eigenvalue weighted by Gasteiger charge is 2.19. The number of nitrogens with zero attached hydrogens (tertiary/aromatic N) is 2. The Kier molecular flexibility index (Phi) is 6.32. The van der Waals surface area contributed by atoms with Crippen LogP contribution in [-0.2, 0) is 0 Å². The fourth-order valence-electron chi connectivity index (χ4n) is 2.29. The molecule has 1 rings (SSSR count). The normalized spacial score (nSPS) is 23.2. The van der Waals surface area contributed by atoms with Gasteiger partial charge in [-0.3, -0.25) is 4.90 Å². The summed E-state index contributed by atoms with van der Waals surface area (Å²) < 4.78 is 0. The molecule has 3 nitrogen and oxygen atoms in total. The molecule has 2 N–H and O–H groups in total. The molecular formula is C13H29N3. The van der Waals surface area contributed by atoms with E-state index in [1.807, 2.05) is 0 Å². The molecule has 0 aromatic heterocycles. The van der Waals surface area contributed by atoms with E-state index >= 15 is 0 Å². The quantitative estimate of drug-likeness (QED) is 0.744. The monoisotopic (exact) mass is 227 g/mol. The second kappa shape index (κ2) is 7.25. The highest BCUT2D eigenvalue weighted by molar-refractivity contribution is 4.77. The summed E-state index contributed by atoms with van der Waals surface area (Å²) in [5.74, 6) is 0.647. The molecule has 3 heteroatoms. The number of piperazine rings is 1. The third-order valence-corrected chi connectivity index (χ3v) is 3.85. The van der Waals surface area contributed by atoms with Crippen LogP contribution in [0.5, 0.6) is 0 Å². The molecule has 0 aromatic rings. The van der Waals surface area contributed by atoms with Crippen LogP contribution in [0.3, 0.4) is 0 Å². The van der Waals surface area contributed by atoms with E-state index < -0.39 is 0 Å². The number of nitrogens with two attached hydrogens (primary N) is 1. The van der Waals surface area contributed by atoms with Crippen molar-refractivity contribution in [2.75, 3.05) is 39.3 Å². The lowest BCUT2D eigenvalue weighted by molar-refractivity contribution is 0.121. The Morgan fingerprint density at radius 3 is 2.12 bits per heavy atom. The van der Waals surface area contributed by atoms with Gasteiger partial charge in [0.25, 0.3) is 0 Å². The van der Waals surface area contributed by atoms with Crippen LogP contribution >= 0.6 is 0 Å². The van der Waals surface area contributed by atoms with E-state index in [-0.39, 0.29) is 0 Å². The first-order valence-electron chi connectivity index (χ1n) is 6.87. The van der Waals surface area contributed by atoms with Gasteiger partial charge in [-0.15, -0.1) is 0 Å².